The van der Waals surface area contributed by atoms with Crippen LogP contribution in [0.5, 0.6) is 11.5 Å². The summed E-state index contributed by atoms with van der Waals surface area (Å²) in [6.07, 6.45) is 6.33. The van der Waals surface area contributed by atoms with Crippen LogP contribution >= 0.6 is 0 Å². The molecule has 0 saturated carbocycles. The van der Waals surface area contributed by atoms with Crippen LogP contribution in [0.4, 0.5) is 11.6 Å². The second kappa shape index (κ2) is 10.2. The number of carboxylic acid groups (broad SMARTS) is 1. The lowest BCUT2D eigenvalue weighted by Crippen LogP contribution is -2.56. The number of ether oxygens (including phenoxy) is 2. The highest BCUT2D eigenvalue weighted by molar-refractivity contribution is 5.76. The Balaban J connectivity index is 1.44. The van der Waals surface area contributed by atoms with Gasteiger partial charge in [0, 0.05) is 6.54 Å². The first-order valence-electron chi connectivity index (χ1n) is 11.7. The molecule has 4 rings (SSSR count). The summed E-state index contributed by atoms with van der Waals surface area (Å²) in [5, 5.41) is 16.3. The maximum Gasteiger partial charge on any atom is 0.312 e. The quantitative estimate of drug-likeness (QED) is 0.553. The Hall–Kier alpha value is -3.07. The summed E-state index contributed by atoms with van der Waals surface area (Å²) in [7, 11) is 0. The van der Waals surface area contributed by atoms with E-state index in [2.05, 4.69) is 20.5 Å². The molecular weight excluding hydrogens is 422 g/mol. The highest BCUT2D eigenvalue weighted by Gasteiger charge is 2.43. The summed E-state index contributed by atoms with van der Waals surface area (Å²) in [6, 6.07) is 7.74. The number of nitrogens with one attached hydrogen (secondary N) is 2. The summed E-state index contributed by atoms with van der Waals surface area (Å²) in [5.41, 5.74) is -0.909. The molecule has 3 N–H and O–H groups in total. The molecule has 0 bridgehead atoms. The molecule has 3 atom stereocenters. The van der Waals surface area contributed by atoms with Crippen molar-refractivity contribution in [3.8, 4) is 11.5 Å². The monoisotopic (exact) mass is 455 g/mol. The van der Waals surface area contributed by atoms with Gasteiger partial charge in [0.25, 0.3) is 0 Å². The van der Waals surface area contributed by atoms with Gasteiger partial charge in [0.05, 0.1) is 37.1 Å². The number of anilines is 2. The van der Waals surface area contributed by atoms with Crippen LogP contribution in [0, 0.1) is 5.41 Å². The molecular formula is C24H33N5O4. The minimum atomic E-state index is -0.909. The van der Waals surface area contributed by atoms with Crippen LogP contribution in [-0.2, 0) is 4.79 Å². The molecule has 2 fully saturated rings. The fourth-order valence-corrected chi connectivity index (χ4v) is 4.48. The fraction of sp³-hybridized carbons (Fsp3) is 0.542. The normalized spacial score (nSPS) is 25.3. The van der Waals surface area contributed by atoms with Crippen molar-refractivity contribution in [3.05, 3.63) is 36.7 Å². The van der Waals surface area contributed by atoms with Gasteiger partial charge in [0.2, 0.25) is 0 Å². The lowest BCUT2D eigenvalue weighted by Gasteiger charge is -2.39. The van der Waals surface area contributed by atoms with E-state index in [0.717, 1.165) is 49.7 Å². The van der Waals surface area contributed by atoms with Crippen LogP contribution in [0.1, 0.15) is 39.5 Å². The number of aromatic nitrogens is 2. The van der Waals surface area contributed by atoms with Crippen molar-refractivity contribution in [1.29, 1.82) is 0 Å². The molecule has 9 heteroatoms. The van der Waals surface area contributed by atoms with Crippen molar-refractivity contribution in [3.63, 3.8) is 0 Å². The number of nitrogens with zero attached hydrogens (tertiary/aromatic N) is 3. The first-order chi connectivity index (χ1) is 16.0. The van der Waals surface area contributed by atoms with Gasteiger partial charge in [-0.05, 0) is 58.2 Å². The van der Waals surface area contributed by atoms with E-state index in [9.17, 15) is 9.90 Å². The zero-order chi connectivity index (χ0) is 23.3. The van der Waals surface area contributed by atoms with Gasteiger partial charge in [-0.2, -0.15) is 0 Å². The van der Waals surface area contributed by atoms with E-state index in [0.29, 0.717) is 25.4 Å². The Bertz CT molecular complexity index is 958. The van der Waals surface area contributed by atoms with E-state index in [-0.39, 0.29) is 6.10 Å². The molecule has 2 aliphatic rings. The maximum absolute atomic E-state index is 11.9. The molecule has 2 saturated heterocycles. The molecule has 3 heterocycles. The Kier molecular flexibility index (Phi) is 7.17. The molecule has 2 unspecified atom stereocenters. The third-order valence-corrected chi connectivity index (χ3v) is 6.41. The Morgan fingerprint density at radius 2 is 2.12 bits per heavy atom. The van der Waals surface area contributed by atoms with Crippen LogP contribution < -0.4 is 25.0 Å². The van der Waals surface area contributed by atoms with Crippen molar-refractivity contribution < 1.29 is 19.4 Å². The maximum atomic E-state index is 11.9. The topological polar surface area (TPSA) is 109 Å². The molecule has 2 aromatic rings. The van der Waals surface area contributed by atoms with E-state index in [1.54, 1.807) is 19.3 Å². The second-order valence-corrected chi connectivity index (χ2v) is 8.83. The predicted octanol–water partition coefficient (Wildman–Crippen LogP) is 3.14. The van der Waals surface area contributed by atoms with E-state index < -0.39 is 17.6 Å². The molecule has 2 aliphatic heterocycles. The SMILES string of the molecule is CCOc1ccccc1O[C@@H]1CCCN(c2cncc(NC3NCCCC3(C)C(=O)O)n2)C1. The zero-order valence-corrected chi connectivity index (χ0v) is 19.3. The lowest BCUT2D eigenvalue weighted by molar-refractivity contribution is -0.150. The van der Waals surface area contributed by atoms with E-state index in [1.165, 1.54) is 0 Å². The molecule has 0 amide bonds. The lowest BCUT2D eigenvalue weighted by atomic mass is 9.79. The number of piperidine rings is 2. The molecule has 1 aromatic heterocycles. The van der Waals surface area contributed by atoms with Crippen molar-refractivity contribution in [2.45, 2.75) is 51.8 Å². The number of rotatable bonds is 8. The first kappa shape index (κ1) is 23.1. The average molecular weight is 456 g/mol. The third kappa shape index (κ3) is 5.30. The average Bonchev–Trinajstić information content (AvgIpc) is 2.82. The van der Waals surface area contributed by atoms with E-state index in [4.69, 9.17) is 14.5 Å². The highest BCUT2D eigenvalue weighted by atomic mass is 16.5. The smallest absolute Gasteiger partial charge is 0.312 e. The van der Waals surface area contributed by atoms with Crippen LogP contribution in [0.3, 0.4) is 0 Å². The van der Waals surface area contributed by atoms with Gasteiger partial charge < -0.3 is 24.8 Å². The van der Waals surface area contributed by atoms with Crippen LogP contribution in [0.2, 0.25) is 0 Å². The van der Waals surface area contributed by atoms with Gasteiger partial charge in [-0.3, -0.25) is 15.1 Å². The Labute approximate surface area is 194 Å². The molecule has 33 heavy (non-hydrogen) atoms. The minimum absolute atomic E-state index is 0.00841. The van der Waals surface area contributed by atoms with Gasteiger partial charge in [0.15, 0.2) is 11.5 Å². The van der Waals surface area contributed by atoms with Gasteiger partial charge in [-0.1, -0.05) is 12.1 Å². The largest absolute Gasteiger partial charge is 0.490 e. The Morgan fingerprint density at radius 1 is 1.30 bits per heavy atom. The molecule has 1 aromatic carbocycles. The van der Waals surface area contributed by atoms with Crippen molar-refractivity contribution in [2.24, 2.45) is 5.41 Å². The standard InChI is InChI=1S/C24H33N5O4/c1-3-32-18-9-4-5-10-19(18)33-17-8-6-13-29(16-17)21-15-25-14-20(27-21)28-22-24(2,23(30)31)11-7-12-26-22/h4-5,9-10,14-15,17,22,26H,3,6-8,11-13,16H2,1-2H3,(H,27,28)(H,30,31)/t17-,22?,24?/m1/s1. The number of benzene rings is 1. The van der Waals surface area contributed by atoms with Gasteiger partial charge in [-0.25, -0.2) is 4.98 Å². The summed E-state index contributed by atoms with van der Waals surface area (Å²) in [6.45, 7) is 6.63. The number of carboxylic acids is 1. The number of carbonyl (C=O) groups is 1. The third-order valence-electron chi connectivity index (χ3n) is 6.41. The molecule has 178 valence electrons. The summed E-state index contributed by atoms with van der Waals surface area (Å²) in [5.74, 6) is 2.00. The van der Waals surface area contributed by atoms with Crippen molar-refractivity contribution >= 4 is 17.6 Å². The summed E-state index contributed by atoms with van der Waals surface area (Å²) in [4.78, 5) is 23.2. The highest BCUT2D eigenvalue weighted by Crippen LogP contribution is 2.32. The van der Waals surface area contributed by atoms with Crippen molar-refractivity contribution in [1.82, 2.24) is 15.3 Å². The summed E-state index contributed by atoms with van der Waals surface area (Å²) < 4.78 is 12.0. The van der Waals surface area contributed by atoms with Crippen LogP contribution in [0.25, 0.3) is 0 Å². The summed E-state index contributed by atoms with van der Waals surface area (Å²) >= 11 is 0. The molecule has 0 aliphatic carbocycles. The van der Waals surface area contributed by atoms with E-state index in [1.807, 2.05) is 31.2 Å². The van der Waals surface area contributed by atoms with Gasteiger partial charge in [0.1, 0.15) is 17.7 Å². The van der Waals surface area contributed by atoms with E-state index >= 15 is 0 Å². The zero-order valence-electron chi connectivity index (χ0n) is 19.3. The number of hydrogen-bond acceptors (Lipinski definition) is 8. The molecule has 9 nitrogen and oxygen atoms in total. The first-order valence-corrected chi connectivity index (χ1v) is 11.7. The predicted molar refractivity (Wildman–Crippen MR) is 126 cm³/mol. The molecule has 0 spiro atoms. The second-order valence-electron chi connectivity index (χ2n) is 8.83. The van der Waals surface area contributed by atoms with Crippen LogP contribution in [0.15, 0.2) is 36.7 Å². The van der Waals surface area contributed by atoms with Crippen LogP contribution in [-0.4, -0.2) is 59.6 Å². The number of hydrogen-bond donors (Lipinski definition) is 3. The van der Waals surface area contributed by atoms with Crippen molar-refractivity contribution in [2.75, 3.05) is 36.5 Å². The molecule has 0 radical (unpaired) electrons. The van der Waals surface area contributed by atoms with Gasteiger partial charge >= 0.3 is 5.97 Å². The number of para-hydroxylation sites is 2. The minimum Gasteiger partial charge on any atom is -0.490 e. The Morgan fingerprint density at radius 3 is 2.91 bits per heavy atom. The van der Waals surface area contributed by atoms with Gasteiger partial charge in [-0.15, -0.1) is 0 Å². The number of aliphatic carboxylic acids is 1. The fourth-order valence-electron chi connectivity index (χ4n) is 4.48.